The number of likely N-dealkylation sites (N-methyl/N-ethyl adjacent to an activating group) is 1. The van der Waals surface area contributed by atoms with E-state index in [1.54, 1.807) is 0 Å². The molecule has 1 N–H and O–H groups in total. The van der Waals surface area contributed by atoms with E-state index >= 15 is 0 Å². The molecule has 14 heavy (non-hydrogen) atoms. The predicted octanol–water partition coefficient (Wildman–Crippen LogP) is 1.40. The number of hydrogen-bond donors (Lipinski definition) is 1. The number of hydrogen-bond acceptors (Lipinski definition) is 2. The van der Waals surface area contributed by atoms with Crippen molar-refractivity contribution in [2.75, 3.05) is 26.7 Å². The third kappa shape index (κ3) is 1.78. The zero-order chi connectivity index (χ0) is 10.3. The van der Waals surface area contributed by atoms with Crippen molar-refractivity contribution < 1.29 is 0 Å². The van der Waals surface area contributed by atoms with Gasteiger partial charge in [-0.3, -0.25) is 10.3 Å². The zero-order valence-electron chi connectivity index (χ0n) is 9.51. The molecule has 1 saturated heterocycles. The summed E-state index contributed by atoms with van der Waals surface area (Å²) >= 11 is 0. The summed E-state index contributed by atoms with van der Waals surface area (Å²) in [5.74, 6) is 1.49. The molecule has 0 aromatic heterocycles. The lowest BCUT2D eigenvalue weighted by Gasteiger charge is -2.46. The molecule has 0 atom stereocenters. The molecule has 2 fully saturated rings. The minimum Gasteiger partial charge on any atom is -0.357 e. The fourth-order valence-corrected chi connectivity index (χ4v) is 2.06. The quantitative estimate of drug-likeness (QED) is 0.506. The average molecular weight is 195 g/mol. The van der Waals surface area contributed by atoms with Crippen LogP contribution in [-0.2, 0) is 0 Å². The summed E-state index contributed by atoms with van der Waals surface area (Å²) in [4.78, 5) is 4.67. The van der Waals surface area contributed by atoms with Gasteiger partial charge in [0.2, 0.25) is 0 Å². The van der Waals surface area contributed by atoms with E-state index in [1.165, 1.54) is 12.8 Å². The molecule has 2 rings (SSSR count). The Morgan fingerprint density at radius 2 is 1.93 bits per heavy atom. The van der Waals surface area contributed by atoms with Crippen LogP contribution < -0.4 is 0 Å². The summed E-state index contributed by atoms with van der Waals surface area (Å²) in [5, 5.41) is 8.05. The van der Waals surface area contributed by atoms with Crippen LogP contribution in [0.3, 0.4) is 0 Å². The molecule has 1 heterocycles. The molecule has 0 spiro atoms. The molecule has 1 aliphatic heterocycles. The van der Waals surface area contributed by atoms with Crippen LogP contribution in [0.1, 0.15) is 26.7 Å². The van der Waals surface area contributed by atoms with Crippen molar-refractivity contribution in [1.82, 2.24) is 9.80 Å². The van der Waals surface area contributed by atoms with Crippen molar-refractivity contribution in [1.29, 1.82) is 5.41 Å². The first-order chi connectivity index (χ1) is 6.50. The molecule has 0 aromatic rings. The lowest BCUT2D eigenvalue weighted by molar-refractivity contribution is 0.0726. The molecule has 80 valence electrons. The van der Waals surface area contributed by atoms with Crippen molar-refractivity contribution in [3.05, 3.63) is 0 Å². The average Bonchev–Trinajstić information content (AvgIpc) is 2.91. The van der Waals surface area contributed by atoms with Gasteiger partial charge >= 0.3 is 0 Å². The van der Waals surface area contributed by atoms with Gasteiger partial charge in [-0.15, -0.1) is 0 Å². The molecule has 0 amide bonds. The SMILES string of the molecule is CN1CCN(C(=N)C2CC2)CC1(C)C. The maximum absolute atomic E-state index is 8.05. The van der Waals surface area contributed by atoms with Crippen LogP contribution in [0.5, 0.6) is 0 Å². The highest BCUT2D eigenvalue weighted by atomic mass is 15.3. The monoisotopic (exact) mass is 195 g/mol. The van der Waals surface area contributed by atoms with Crippen molar-refractivity contribution in [3.8, 4) is 0 Å². The Morgan fingerprint density at radius 3 is 2.43 bits per heavy atom. The Kier molecular flexibility index (Phi) is 2.30. The summed E-state index contributed by atoms with van der Waals surface area (Å²) in [6.07, 6.45) is 2.48. The highest BCUT2D eigenvalue weighted by Crippen LogP contribution is 2.32. The Hall–Kier alpha value is -0.570. The molecule has 0 radical (unpaired) electrons. The molecule has 0 unspecified atom stereocenters. The Morgan fingerprint density at radius 1 is 1.29 bits per heavy atom. The fourth-order valence-electron chi connectivity index (χ4n) is 2.06. The van der Waals surface area contributed by atoms with Crippen LogP contribution in [0.4, 0.5) is 0 Å². The number of nitrogens with zero attached hydrogens (tertiary/aromatic N) is 2. The Bertz CT molecular complexity index is 243. The number of nitrogens with one attached hydrogen (secondary N) is 1. The molecule has 3 heteroatoms. The van der Waals surface area contributed by atoms with Crippen LogP contribution in [0, 0.1) is 11.3 Å². The fraction of sp³-hybridized carbons (Fsp3) is 0.909. The lowest BCUT2D eigenvalue weighted by atomic mass is 9.99. The molecule has 1 saturated carbocycles. The summed E-state index contributed by atoms with van der Waals surface area (Å²) in [6.45, 7) is 7.66. The van der Waals surface area contributed by atoms with Gasteiger partial charge in [-0.1, -0.05) is 0 Å². The molecule has 2 aliphatic rings. The van der Waals surface area contributed by atoms with Gasteiger partial charge in [0.25, 0.3) is 0 Å². The van der Waals surface area contributed by atoms with Gasteiger partial charge in [0.15, 0.2) is 0 Å². The molecule has 0 aromatic carbocycles. The maximum Gasteiger partial charge on any atom is 0.0990 e. The first-order valence-corrected chi connectivity index (χ1v) is 5.55. The third-order valence-electron chi connectivity index (χ3n) is 3.62. The number of piperazine rings is 1. The van der Waals surface area contributed by atoms with Crippen molar-refractivity contribution in [2.45, 2.75) is 32.2 Å². The summed E-state index contributed by atoms with van der Waals surface area (Å²) < 4.78 is 0. The second-order valence-corrected chi connectivity index (χ2v) is 5.32. The van der Waals surface area contributed by atoms with E-state index in [1.807, 2.05) is 0 Å². The Labute approximate surface area is 86.6 Å². The van der Waals surface area contributed by atoms with E-state index in [4.69, 9.17) is 5.41 Å². The van der Waals surface area contributed by atoms with Crippen molar-refractivity contribution in [2.24, 2.45) is 5.92 Å². The van der Waals surface area contributed by atoms with E-state index in [9.17, 15) is 0 Å². The summed E-state index contributed by atoms with van der Waals surface area (Å²) in [7, 11) is 2.18. The van der Waals surface area contributed by atoms with Crippen molar-refractivity contribution in [3.63, 3.8) is 0 Å². The summed E-state index contributed by atoms with van der Waals surface area (Å²) in [6, 6.07) is 0. The van der Waals surface area contributed by atoms with Crippen LogP contribution in [-0.4, -0.2) is 47.9 Å². The minimum atomic E-state index is 0.222. The normalized spacial score (nSPS) is 27.8. The van der Waals surface area contributed by atoms with Gasteiger partial charge in [-0.2, -0.15) is 0 Å². The Balaban J connectivity index is 1.98. The molecule has 3 nitrogen and oxygen atoms in total. The topological polar surface area (TPSA) is 30.3 Å². The van der Waals surface area contributed by atoms with E-state index < -0.39 is 0 Å². The highest BCUT2D eigenvalue weighted by Gasteiger charge is 2.36. The first-order valence-electron chi connectivity index (χ1n) is 5.55. The van der Waals surface area contributed by atoms with Gasteiger partial charge in [-0.05, 0) is 33.7 Å². The molecule has 0 bridgehead atoms. The van der Waals surface area contributed by atoms with Gasteiger partial charge < -0.3 is 4.90 Å². The molecule has 1 aliphatic carbocycles. The van der Waals surface area contributed by atoms with Crippen LogP contribution in [0.15, 0.2) is 0 Å². The minimum absolute atomic E-state index is 0.222. The molecular formula is C11H21N3. The van der Waals surface area contributed by atoms with Gasteiger partial charge in [0.05, 0.1) is 5.84 Å². The lowest BCUT2D eigenvalue weighted by Crippen LogP contribution is -2.59. The van der Waals surface area contributed by atoms with E-state index in [0.29, 0.717) is 5.92 Å². The second-order valence-electron chi connectivity index (χ2n) is 5.32. The largest absolute Gasteiger partial charge is 0.357 e. The van der Waals surface area contributed by atoms with E-state index in [0.717, 1.165) is 25.5 Å². The molecular weight excluding hydrogens is 174 g/mol. The van der Waals surface area contributed by atoms with E-state index in [-0.39, 0.29) is 5.54 Å². The third-order valence-corrected chi connectivity index (χ3v) is 3.62. The van der Waals surface area contributed by atoms with Gasteiger partial charge in [0.1, 0.15) is 0 Å². The van der Waals surface area contributed by atoms with Crippen molar-refractivity contribution >= 4 is 5.84 Å². The maximum atomic E-state index is 8.05. The smallest absolute Gasteiger partial charge is 0.0990 e. The van der Waals surface area contributed by atoms with Crippen LogP contribution in [0.2, 0.25) is 0 Å². The van der Waals surface area contributed by atoms with Crippen LogP contribution in [0.25, 0.3) is 0 Å². The van der Waals surface area contributed by atoms with Gasteiger partial charge in [0, 0.05) is 31.1 Å². The number of amidine groups is 1. The first kappa shape index (κ1) is 9.97. The zero-order valence-corrected chi connectivity index (χ0v) is 9.51. The summed E-state index contributed by atoms with van der Waals surface area (Å²) in [5.41, 5.74) is 0.222. The van der Waals surface area contributed by atoms with Gasteiger partial charge in [-0.25, -0.2) is 0 Å². The number of rotatable bonds is 1. The highest BCUT2D eigenvalue weighted by molar-refractivity contribution is 5.84. The standard InChI is InChI=1S/C11H21N3/c1-11(2)8-14(7-6-13(11)3)10(12)9-4-5-9/h9,12H,4-8H2,1-3H3. The van der Waals surface area contributed by atoms with E-state index in [2.05, 4.69) is 30.7 Å². The van der Waals surface area contributed by atoms with Crippen LogP contribution >= 0.6 is 0 Å². The second kappa shape index (κ2) is 3.23. The predicted molar refractivity (Wildman–Crippen MR) is 58.7 cm³/mol.